The van der Waals surface area contributed by atoms with Crippen LogP contribution in [-0.2, 0) is 6.42 Å². The Morgan fingerprint density at radius 3 is 2.61 bits per heavy atom. The van der Waals surface area contributed by atoms with Gasteiger partial charge in [-0.1, -0.05) is 13.0 Å². The van der Waals surface area contributed by atoms with Crippen molar-refractivity contribution in [2.75, 3.05) is 7.11 Å². The van der Waals surface area contributed by atoms with Crippen molar-refractivity contribution < 1.29 is 27.8 Å². The molecular formula is C15H15F3N2O3. The Hall–Kier alpha value is -2.51. The van der Waals surface area contributed by atoms with E-state index in [1.165, 1.54) is 19.2 Å². The normalized spacial score (nSPS) is 12.9. The van der Waals surface area contributed by atoms with E-state index in [1.807, 2.05) is 0 Å². The zero-order valence-electron chi connectivity index (χ0n) is 12.4. The van der Waals surface area contributed by atoms with Crippen LogP contribution in [0.3, 0.4) is 0 Å². The van der Waals surface area contributed by atoms with Crippen molar-refractivity contribution in [2.45, 2.75) is 19.5 Å². The van der Waals surface area contributed by atoms with Crippen molar-refractivity contribution in [1.82, 2.24) is 10.2 Å². The molecule has 0 aliphatic heterocycles. The summed E-state index contributed by atoms with van der Waals surface area (Å²) in [6.07, 6.45) is -4.43. The highest BCUT2D eigenvalue weighted by atomic mass is 19.4. The number of aromatic nitrogens is 2. The molecule has 1 aromatic carbocycles. The van der Waals surface area contributed by atoms with Crippen molar-refractivity contribution in [3.63, 3.8) is 0 Å². The number of ether oxygens (including phenoxy) is 1. The van der Waals surface area contributed by atoms with Crippen LogP contribution in [-0.4, -0.2) is 34.6 Å². The molecule has 1 aromatic heterocycles. The molecule has 0 aliphatic rings. The van der Waals surface area contributed by atoms with Crippen molar-refractivity contribution in [3.05, 3.63) is 35.5 Å². The highest BCUT2D eigenvalue weighted by Crippen LogP contribution is 2.33. The smallest absolute Gasteiger partial charge is 0.391 e. The molecule has 5 nitrogen and oxygen atoms in total. The number of H-pyrrole nitrogens is 1. The first-order valence-electron chi connectivity index (χ1n) is 6.75. The molecule has 8 heteroatoms. The van der Waals surface area contributed by atoms with Gasteiger partial charge in [-0.15, -0.1) is 0 Å². The van der Waals surface area contributed by atoms with E-state index < -0.39 is 18.1 Å². The van der Waals surface area contributed by atoms with Crippen LogP contribution in [0.5, 0.6) is 5.75 Å². The number of nitrogens with zero attached hydrogens (tertiary/aromatic N) is 1. The van der Waals surface area contributed by atoms with Gasteiger partial charge in [-0.05, 0) is 30.2 Å². The molecule has 0 aliphatic carbocycles. The van der Waals surface area contributed by atoms with Crippen LogP contribution in [0.1, 0.15) is 23.0 Å². The number of nitrogens with one attached hydrogen (secondary N) is 1. The Morgan fingerprint density at radius 1 is 1.39 bits per heavy atom. The highest BCUT2D eigenvalue weighted by Gasteiger charge is 2.35. The van der Waals surface area contributed by atoms with Crippen LogP contribution in [0.4, 0.5) is 13.2 Å². The highest BCUT2D eigenvalue weighted by molar-refractivity contribution is 5.87. The van der Waals surface area contributed by atoms with Crippen molar-refractivity contribution in [3.8, 4) is 17.0 Å². The second-order valence-corrected chi connectivity index (χ2v) is 5.15. The Kier molecular flexibility index (Phi) is 4.63. The quantitative estimate of drug-likeness (QED) is 0.880. The van der Waals surface area contributed by atoms with E-state index in [9.17, 15) is 18.0 Å². The summed E-state index contributed by atoms with van der Waals surface area (Å²) in [5.41, 5.74) is 1.23. The summed E-state index contributed by atoms with van der Waals surface area (Å²) in [7, 11) is 1.39. The number of alkyl halides is 3. The van der Waals surface area contributed by atoms with Gasteiger partial charge in [-0.2, -0.15) is 18.3 Å². The van der Waals surface area contributed by atoms with Gasteiger partial charge in [0.05, 0.1) is 18.7 Å². The molecule has 1 heterocycles. The van der Waals surface area contributed by atoms with Crippen molar-refractivity contribution in [1.29, 1.82) is 0 Å². The minimum atomic E-state index is -4.26. The lowest BCUT2D eigenvalue weighted by molar-refractivity contribution is -0.169. The summed E-state index contributed by atoms with van der Waals surface area (Å²) in [5, 5.41) is 15.1. The van der Waals surface area contributed by atoms with Crippen molar-refractivity contribution in [2.24, 2.45) is 5.92 Å². The number of rotatable bonds is 5. The second-order valence-electron chi connectivity index (χ2n) is 5.15. The van der Waals surface area contributed by atoms with E-state index in [1.54, 1.807) is 12.1 Å². The van der Waals surface area contributed by atoms with E-state index in [0.717, 1.165) is 6.92 Å². The third kappa shape index (κ3) is 3.82. The summed E-state index contributed by atoms with van der Waals surface area (Å²) in [5.74, 6) is -2.29. The number of aromatic amines is 1. The standard InChI is InChI=1S/C15H15F3N2O3/c1-8(15(16,17)18)5-9-3-4-10(13(6-9)23-2)11-7-12(14(21)22)20-19-11/h3-4,6-8H,5H2,1-2H3,(H,19,20)(H,21,22). The maximum absolute atomic E-state index is 12.6. The number of halogens is 3. The molecule has 1 unspecified atom stereocenters. The van der Waals surface area contributed by atoms with Gasteiger partial charge in [0.15, 0.2) is 0 Å². The summed E-state index contributed by atoms with van der Waals surface area (Å²) in [6.45, 7) is 1.12. The monoisotopic (exact) mass is 328 g/mol. The molecule has 0 spiro atoms. The molecule has 0 fully saturated rings. The lowest BCUT2D eigenvalue weighted by Crippen LogP contribution is -2.21. The fourth-order valence-corrected chi connectivity index (χ4v) is 2.11. The van der Waals surface area contributed by atoms with Crippen LogP contribution < -0.4 is 4.74 Å². The van der Waals surface area contributed by atoms with Gasteiger partial charge in [0.2, 0.25) is 0 Å². The topological polar surface area (TPSA) is 75.2 Å². The molecule has 124 valence electrons. The van der Waals surface area contributed by atoms with Crippen LogP contribution >= 0.6 is 0 Å². The molecule has 0 amide bonds. The Bertz CT molecular complexity index is 710. The third-order valence-electron chi connectivity index (χ3n) is 3.45. The molecule has 23 heavy (non-hydrogen) atoms. The van der Waals surface area contributed by atoms with Crippen molar-refractivity contribution >= 4 is 5.97 Å². The Morgan fingerprint density at radius 2 is 2.09 bits per heavy atom. The number of aromatic carboxylic acids is 1. The summed E-state index contributed by atoms with van der Waals surface area (Å²) in [4.78, 5) is 10.9. The van der Waals surface area contributed by atoms with Crippen LogP contribution in [0.15, 0.2) is 24.3 Å². The number of carboxylic acids is 1. The molecule has 1 atom stereocenters. The summed E-state index contributed by atoms with van der Waals surface area (Å²) >= 11 is 0. The van der Waals surface area contributed by atoms with Gasteiger partial charge in [0.25, 0.3) is 0 Å². The van der Waals surface area contributed by atoms with Crippen LogP contribution in [0.25, 0.3) is 11.3 Å². The van der Waals surface area contributed by atoms with Gasteiger partial charge < -0.3 is 9.84 Å². The van der Waals surface area contributed by atoms with Gasteiger partial charge in [0.1, 0.15) is 11.4 Å². The molecule has 2 N–H and O–H groups in total. The SMILES string of the molecule is COc1cc(CC(C)C(F)(F)F)ccc1-c1cc(C(=O)O)[nH]n1. The number of methoxy groups -OCH3 is 1. The molecule has 0 saturated heterocycles. The lowest BCUT2D eigenvalue weighted by atomic mass is 9.98. The Balaban J connectivity index is 2.31. The fourth-order valence-electron chi connectivity index (χ4n) is 2.11. The molecule has 2 aromatic rings. The average molecular weight is 328 g/mol. The molecule has 0 radical (unpaired) electrons. The van der Waals surface area contributed by atoms with Gasteiger partial charge >= 0.3 is 12.1 Å². The number of hydrogen-bond donors (Lipinski definition) is 2. The first kappa shape index (κ1) is 16.9. The van der Waals surface area contributed by atoms with E-state index in [2.05, 4.69) is 10.2 Å². The second kappa shape index (κ2) is 6.31. The first-order chi connectivity index (χ1) is 10.7. The van der Waals surface area contributed by atoms with Gasteiger partial charge in [-0.25, -0.2) is 4.79 Å². The minimum Gasteiger partial charge on any atom is -0.496 e. The van der Waals surface area contributed by atoms with E-state index >= 15 is 0 Å². The number of hydrogen-bond acceptors (Lipinski definition) is 3. The number of benzene rings is 1. The predicted molar refractivity (Wildman–Crippen MR) is 76.5 cm³/mol. The van der Waals surface area contributed by atoms with Crippen LogP contribution in [0.2, 0.25) is 0 Å². The largest absolute Gasteiger partial charge is 0.496 e. The molecular weight excluding hydrogens is 313 g/mol. The molecule has 2 rings (SSSR count). The third-order valence-corrected chi connectivity index (χ3v) is 3.45. The molecule has 0 saturated carbocycles. The van der Waals surface area contributed by atoms with Gasteiger partial charge in [0, 0.05) is 5.56 Å². The zero-order valence-corrected chi connectivity index (χ0v) is 12.4. The van der Waals surface area contributed by atoms with Gasteiger partial charge in [-0.3, -0.25) is 5.10 Å². The van der Waals surface area contributed by atoms with E-state index in [4.69, 9.17) is 9.84 Å². The fraction of sp³-hybridized carbons (Fsp3) is 0.333. The number of carbonyl (C=O) groups is 1. The van der Waals surface area contributed by atoms with E-state index in [-0.39, 0.29) is 12.1 Å². The summed E-state index contributed by atoms with van der Waals surface area (Å²) in [6, 6.07) is 5.96. The minimum absolute atomic E-state index is 0.0863. The maximum atomic E-state index is 12.6. The number of carboxylic acid groups (broad SMARTS) is 1. The predicted octanol–water partition coefficient (Wildman–Crippen LogP) is 3.52. The maximum Gasteiger partial charge on any atom is 0.391 e. The first-order valence-corrected chi connectivity index (χ1v) is 6.75. The Labute approximate surface area is 130 Å². The zero-order chi connectivity index (χ0) is 17.2. The van der Waals surface area contributed by atoms with E-state index in [0.29, 0.717) is 22.6 Å². The van der Waals surface area contributed by atoms with Crippen LogP contribution in [0, 0.1) is 5.92 Å². The summed E-state index contributed by atoms with van der Waals surface area (Å²) < 4.78 is 43.1. The molecule has 0 bridgehead atoms. The lowest BCUT2D eigenvalue weighted by Gasteiger charge is -2.16. The average Bonchev–Trinajstić information content (AvgIpc) is 2.96.